The summed E-state index contributed by atoms with van der Waals surface area (Å²) in [5.41, 5.74) is 1.77. The monoisotopic (exact) mass is 313 g/mol. The largest absolute Gasteiger partial charge is 0.369 e. The molecule has 1 fully saturated rings. The molecule has 0 amide bonds. The molecule has 0 bridgehead atoms. The van der Waals surface area contributed by atoms with E-state index in [9.17, 15) is 4.39 Å². The molecule has 1 saturated heterocycles. The van der Waals surface area contributed by atoms with E-state index in [1.165, 1.54) is 25.7 Å². The molecule has 100 valence electrons. The number of benzene rings is 1. The van der Waals surface area contributed by atoms with Gasteiger partial charge < -0.3 is 4.90 Å². The molecule has 0 spiro atoms. The lowest BCUT2D eigenvalue weighted by molar-refractivity contribution is 0.376. The highest BCUT2D eigenvalue weighted by Gasteiger charge is 2.20. The summed E-state index contributed by atoms with van der Waals surface area (Å²) in [6.45, 7) is 4.23. The van der Waals surface area contributed by atoms with Crippen molar-refractivity contribution in [3.63, 3.8) is 0 Å². The lowest BCUT2D eigenvalue weighted by atomic mass is 9.92. The van der Waals surface area contributed by atoms with Gasteiger partial charge in [-0.05, 0) is 36.5 Å². The Hall–Kier alpha value is -0.570. The first-order valence-corrected chi connectivity index (χ1v) is 7.96. The van der Waals surface area contributed by atoms with Crippen LogP contribution in [0.4, 0.5) is 10.1 Å². The van der Waals surface area contributed by atoms with Gasteiger partial charge in [0, 0.05) is 18.4 Å². The molecule has 0 radical (unpaired) electrons. The average Bonchev–Trinajstić information content (AvgIpc) is 2.40. The summed E-state index contributed by atoms with van der Waals surface area (Å²) in [6, 6.07) is 5.57. The molecule has 0 aromatic heterocycles. The number of nitrogens with zero attached hydrogens (tertiary/aromatic N) is 1. The Bertz CT molecular complexity index is 386. The van der Waals surface area contributed by atoms with E-state index in [1.807, 2.05) is 12.1 Å². The first kappa shape index (κ1) is 13.9. The molecule has 0 atom stereocenters. The topological polar surface area (TPSA) is 3.24 Å². The van der Waals surface area contributed by atoms with Crippen LogP contribution in [0, 0.1) is 11.7 Å². The number of rotatable bonds is 4. The maximum Gasteiger partial charge on any atom is 0.146 e. The third kappa shape index (κ3) is 3.25. The van der Waals surface area contributed by atoms with E-state index in [-0.39, 0.29) is 5.82 Å². The zero-order chi connectivity index (χ0) is 13.0. The second-order valence-corrected chi connectivity index (χ2v) is 5.70. The van der Waals surface area contributed by atoms with E-state index in [0.29, 0.717) is 5.33 Å². The summed E-state index contributed by atoms with van der Waals surface area (Å²) < 4.78 is 14.0. The standard InChI is InChI=1S/C15H21BrFN/c1-2-3-12-6-8-18(9-7-12)15-5-4-13(11-16)10-14(15)17/h4-5,10,12H,2-3,6-9,11H2,1H3. The Morgan fingerprint density at radius 3 is 2.61 bits per heavy atom. The van der Waals surface area contributed by atoms with Gasteiger partial charge >= 0.3 is 0 Å². The summed E-state index contributed by atoms with van der Waals surface area (Å²) >= 11 is 3.36. The molecular formula is C15H21BrFN. The summed E-state index contributed by atoms with van der Waals surface area (Å²) in [7, 11) is 0. The van der Waals surface area contributed by atoms with Crippen LogP contribution in [0.1, 0.15) is 38.2 Å². The molecule has 1 nitrogen and oxygen atoms in total. The second-order valence-electron chi connectivity index (χ2n) is 5.14. The Morgan fingerprint density at radius 1 is 1.33 bits per heavy atom. The quantitative estimate of drug-likeness (QED) is 0.726. The maximum atomic E-state index is 14.0. The Balaban J connectivity index is 2.01. The molecule has 0 N–H and O–H groups in total. The zero-order valence-corrected chi connectivity index (χ0v) is 12.5. The van der Waals surface area contributed by atoms with Gasteiger partial charge in [0.05, 0.1) is 5.69 Å². The fourth-order valence-corrected chi connectivity index (χ4v) is 3.11. The van der Waals surface area contributed by atoms with Gasteiger partial charge in [0.15, 0.2) is 0 Å². The van der Waals surface area contributed by atoms with Gasteiger partial charge in [-0.2, -0.15) is 0 Å². The van der Waals surface area contributed by atoms with Crippen molar-refractivity contribution in [2.75, 3.05) is 18.0 Å². The van der Waals surface area contributed by atoms with Crippen molar-refractivity contribution in [3.8, 4) is 0 Å². The first-order valence-electron chi connectivity index (χ1n) is 6.84. The predicted octanol–water partition coefficient (Wildman–Crippen LogP) is 4.74. The lowest BCUT2D eigenvalue weighted by Gasteiger charge is -2.33. The van der Waals surface area contributed by atoms with Gasteiger partial charge in [0.2, 0.25) is 0 Å². The molecule has 18 heavy (non-hydrogen) atoms. The number of alkyl halides is 1. The summed E-state index contributed by atoms with van der Waals surface area (Å²) in [4.78, 5) is 2.19. The summed E-state index contributed by atoms with van der Waals surface area (Å²) in [6.07, 6.45) is 4.98. The highest BCUT2D eigenvalue weighted by atomic mass is 79.9. The van der Waals surface area contributed by atoms with Crippen LogP contribution in [0.15, 0.2) is 18.2 Å². The molecular weight excluding hydrogens is 293 g/mol. The molecule has 0 unspecified atom stereocenters. The third-order valence-corrected chi connectivity index (χ3v) is 4.47. The van der Waals surface area contributed by atoms with Crippen LogP contribution in [0.25, 0.3) is 0 Å². The molecule has 1 aliphatic rings. The van der Waals surface area contributed by atoms with Crippen molar-refractivity contribution >= 4 is 21.6 Å². The normalized spacial score (nSPS) is 17.2. The second kappa shape index (κ2) is 6.55. The van der Waals surface area contributed by atoms with Crippen molar-refractivity contribution in [3.05, 3.63) is 29.6 Å². The van der Waals surface area contributed by atoms with Crippen LogP contribution in [0.3, 0.4) is 0 Å². The molecule has 1 aliphatic heterocycles. The van der Waals surface area contributed by atoms with Crippen molar-refractivity contribution < 1.29 is 4.39 Å². The minimum atomic E-state index is -0.0825. The molecule has 0 aliphatic carbocycles. The number of piperidine rings is 1. The lowest BCUT2D eigenvalue weighted by Crippen LogP contribution is -2.34. The Kier molecular flexibility index (Phi) is 5.04. The zero-order valence-electron chi connectivity index (χ0n) is 11.0. The van der Waals surface area contributed by atoms with Crippen molar-refractivity contribution in [2.24, 2.45) is 5.92 Å². The Labute approximate surface area is 118 Å². The minimum Gasteiger partial charge on any atom is -0.369 e. The maximum absolute atomic E-state index is 14.0. The smallest absolute Gasteiger partial charge is 0.146 e. The minimum absolute atomic E-state index is 0.0825. The van der Waals surface area contributed by atoms with Crippen molar-refractivity contribution in [1.29, 1.82) is 0 Å². The van der Waals surface area contributed by atoms with Crippen molar-refractivity contribution in [1.82, 2.24) is 0 Å². The molecule has 1 aromatic carbocycles. The van der Waals surface area contributed by atoms with E-state index in [0.717, 1.165) is 30.3 Å². The van der Waals surface area contributed by atoms with E-state index in [2.05, 4.69) is 27.8 Å². The van der Waals surface area contributed by atoms with Crippen LogP contribution in [0.5, 0.6) is 0 Å². The van der Waals surface area contributed by atoms with E-state index >= 15 is 0 Å². The molecule has 2 rings (SSSR count). The van der Waals surface area contributed by atoms with Crippen LogP contribution in [-0.4, -0.2) is 13.1 Å². The van der Waals surface area contributed by atoms with Gasteiger partial charge in [-0.1, -0.05) is 41.8 Å². The predicted molar refractivity (Wildman–Crippen MR) is 78.9 cm³/mol. The van der Waals surface area contributed by atoms with Gasteiger partial charge in [-0.25, -0.2) is 4.39 Å². The molecule has 3 heteroatoms. The third-order valence-electron chi connectivity index (χ3n) is 3.82. The highest BCUT2D eigenvalue weighted by molar-refractivity contribution is 9.08. The first-order chi connectivity index (χ1) is 8.74. The van der Waals surface area contributed by atoms with Gasteiger partial charge in [-0.3, -0.25) is 0 Å². The number of anilines is 1. The highest BCUT2D eigenvalue weighted by Crippen LogP contribution is 2.28. The number of hydrogen-bond donors (Lipinski definition) is 0. The number of hydrogen-bond acceptors (Lipinski definition) is 1. The molecule has 1 heterocycles. The fraction of sp³-hybridized carbons (Fsp3) is 0.600. The fourth-order valence-electron chi connectivity index (χ4n) is 2.76. The van der Waals surface area contributed by atoms with E-state index in [4.69, 9.17) is 0 Å². The molecule has 0 saturated carbocycles. The summed E-state index contributed by atoms with van der Waals surface area (Å²) in [5, 5.41) is 0.711. The van der Waals surface area contributed by atoms with Gasteiger partial charge in [-0.15, -0.1) is 0 Å². The Morgan fingerprint density at radius 2 is 2.06 bits per heavy atom. The van der Waals surface area contributed by atoms with Gasteiger partial charge in [0.25, 0.3) is 0 Å². The van der Waals surface area contributed by atoms with E-state index < -0.39 is 0 Å². The van der Waals surface area contributed by atoms with Crippen LogP contribution >= 0.6 is 15.9 Å². The average molecular weight is 314 g/mol. The summed E-state index contributed by atoms with van der Waals surface area (Å²) in [5.74, 6) is 0.761. The molecule has 1 aromatic rings. The van der Waals surface area contributed by atoms with E-state index in [1.54, 1.807) is 6.07 Å². The SMILES string of the molecule is CCCC1CCN(c2ccc(CBr)cc2F)CC1. The van der Waals surface area contributed by atoms with Gasteiger partial charge in [0.1, 0.15) is 5.82 Å². The van der Waals surface area contributed by atoms with Crippen LogP contribution in [0.2, 0.25) is 0 Å². The van der Waals surface area contributed by atoms with Crippen LogP contribution < -0.4 is 4.90 Å². The number of halogens is 2. The van der Waals surface area contributed by atoms with Crippen LogP contribution in [-0.2, 0) is 5.33 Å². The van der Waals surface area contributed by atoms with Crippen molar-refractivity contribution in [2.45, 2.75) is 37.9 Å².